The van der Waals surface area contributed by atoms with Crippen LogP contribution in [0.4, 0.5) is 0 Å². The SMILES string of the molecule is CC(C)Oc1ccc(-c2ccncc2C(=O)O)cc1. The molecule has 1 N–H and O–H groups in total. The molecule has 0 aliphatic rings. The summed E-state index contributed by atoms with van der Waals surface area (Å²) in [4.78, 5) is 15.0. The molecule has 2 rings (SSSR count). The van der Waals surface area contributed by atoms with Crippen molar-refractivity contribution in [3.63, 3.8) is 0 Å². The van der Waals surface area contributed by atoms with Gasteiger partial charge in [0.25, 0.3) is 0 Å². The molecule has 0 bridgehead atoms. The van der Waals surface area contributed by atoms with Crippen LogP contribution in [0.1, 0.15) is 24.2 Å². The zero-order valence-corrected chi connectivity index (χ0v) is 10.8. The quantitative estimate of drug-likeness (QED) is 0.913. The molecule has 0 aliphatic carbocycles. The number of hydrogen-bond acceptors (Lipinski definition) is 3. The predicted octanol–water partition coefficient (Wildman–Crippen LogP) is 3.23. The third kappa shape index (κ3) is 3.10. The van der Waals surface area contributed by atoms with Gasteiger partial charge in [0.1, 0.15) is 5.75 Å². The van der Waals surface area contributed by atoms with Gasteiger partial charge in [-0.3, -0.25) is 4.98 Å². The summed E-state index contributed by atoms with van der Waals surface area (Å²) >= 11 is 0. The third-order valence-corrected chi connectivity index (χ3v) is 2.59. The highest BCUT2D eigenvalue weighted by molar-refractivity contribution is 5.95. The molecule has 0 spiro atoms. The normalized spacial score (nSPS) is 10.5. The van der Waals surface area contributed by atoms with Crippen molar-refractivity contribution < 1.29 is 14.6 Å². The van der Waals surface area contributed by atoms with E-state index in [0.717, 1.165) is 11.3 Å². The molecule has 1 aromatic carbocycles. The monoisotopic (exact) mass is 257 g/mol. The van der Waals surface area contributed by atoms with E-state index in [1.54, 1.807) is 12.3 Å². The fourth-order valence-electron chi connectivity index (χ4n) is 1.80. The summed E-state index contributed by atoms with van der Waals surface area (Å²) in [6, 6.07) is 9.06. The van der Waals surface area contributed by atoms with Crippen LogP contribution in [0.15, 0.2) is 42.7 Å². The van der Waals surface area contributed by atoms with Gasteiger partial charge in [0.15, 0.2) is 0 Å². The molecule has 0 amide bonds. The second kappa shape index (κ2) is 5.52. The molecule has 0 radical (unpaired) electrons. The van der Waals surface area contributed by atoms with E-state index in [4.69, 9.17) is 9.84 Å². The van der Waals surface area contributed by atoms with Crippen LogP contribution in [0.2, 0.25) is 0 Å². The average molecular weight is 257 g/mol. The summed E-state index contributed by atoms with van der Waals surface area (Å²) in [5.41, 5.74) is 1.68. The lowest BCUT2D eigenvalue weighted by Gasteiger charge is -2.10. The van der Waals surface area contributed by atoms with Crippen molar-refractivity contribution in [2.45, 2.75) is 20.0 Å². The fourth-order valence-corrected chi connectivity index (χ4v) is 1.80. The number of benzene rings is 1. The molecule has 4 nitrogen and oxygen atoms in total. The molecule has 0 unspecified atom stereocenters. The highest BCUT2D eigenvalue weighted by Gasteiger charge is 2.11. The Morgan fingerprint density at radius 2 is 1.89 bits per heavy atom. The Hall–Kier alpha value is -2.36. The molecule has 0 saturated carbocycles. The van der Waals surface area contributed by atoms with Crippen molar-refractivity contribution in [2.24, 2.45) is 0 Å². The number of hydrogen-bond donors (Lipinski definition) is 1. The number of ether oxygens (including phenoxy) is 1. The minimum atomic E-state index is -0.981. The number of pyridine rings is 1. The number of aromatic carboxylic acids is 1. The maximum absolute atomic E-state index is 11.1. The van der Waals surface area contributed by atoms with E-state index >= 15 is 0 Å². The molecule has 0 atom stereocenters. The molecule has 4 heteroatoms. The number of carboxylic acids is 1. The molecule has 1 aromatic heterocycles. The van der Waals surface area contributed by atoms with Crippen molar-refractivity contribution in [1.82, 2.24) is 4.98 Å². The van der Waals surface area contributed by atoms with E-state index < -0.39 is 5.97 Å². The lowest BCUT2D eigenvalue weighted by molar-refractivity contribution is 0.0697. The summed E-state index contributed by atoms with van der Waals surface area (Å²) < 4.78 is 5.55. The molecular formula is C15H15NO3. The summed E-state index contributed by atoms with van der Waals surface area (Å²) in [6.07, 6.45) is 3.05. The number of aromatic nitrogens is 1. The van der Waals surface area contributed by atoms with Crippen molar-refractivity contribution in [1.29, 1.82) is 0 Å². The lowest BCUT2D eigenvalue weighted by Crippen LogP contribution is -2.05. The van der Waals surface area contributed by atoms with Gasteiger partial charge < -0.3 is 9.84 Å². The molecular weight excluding hydrogens is 242 g/mol. The Morgan fingerprint density at radius 3 is 2.47 bits per heavy atom. The molecule has 2 aromatic rings. The van der Waals surface area contributed by atoms with Gasteiger partial charge in [-0.05, 0) is 43.2 Å². The van der Waals surface area contributed by atoms with Crippen LogP contribution in [0, 0.1) is 0 Å². The Morgan fingerprint density at radius 1 is 1.21 bits per heavy atom. The second-order valence-electron chi connectivity index (χ2n) is 4.42. The lowest BCUT2D eigenvalue weighted by atomic mass is 10.0. The van der Waals surface area contributed by atoms with Gasteiger partial charge in [-0.15, -0.1) is 0 Å². The molecule has 0 aliphatic heterocycles. The number of nitrogens with zero attached hydrogens (tertiary/aromatic N) is 1. The van der Waals surface area contributed by atoms with Crippen LogP contribution in [-0.4, -0.2) is 22.2 Å². The van der Waals surface area contributed by atoms with Crippen LogP contribution in [-0.2, 0) is 0 Å². The van der Waals surface area contributed by atoms with Gasteiger partial charge in [0.2, 0.25) is 0 Å². The first-order chi connectivity index (χ1) is 9.08. The van der Waals surface area contributed by atoms with Crippen molar-refractivity contribution >= 4 is 5.97 Å². The molecule has 98 valence electrons. The zero-order chi connectivity index (χ0) is 13.8. The Kier molecular flexibility index (Phi) is 3.80. The second-order valence-corrected chi connectivity index (χ2v) is 4.42. The summed E-state index contributed by atoms with van der Waals surface area (Å²) in [5.74, 6) is -0.213. The van der Waals surface area contributed by atoms with Gasteiger partial charge in [0, 0.05) is 12.4 Å². The Balaban J connectivity index is 2.35. The first-order valence-corrected chi connectivity index (χ1v) is 6.02. The number of rotatable bonds is 4. The Labute approximate surface area is 111 Å². The van der Waals surface area contributed by atoms with Gasteiger partial charge in [-0.25, -0.2) is 4.79 Å². The van der Waals surface area contributed by atoms with Crippen molar-refractivity contribution in [3.05, 3.63) is 48.3 Å². The zero-order valence-electron chi connectivity index (χ0n) is 10.8. The van der Waals surface area contributed by atoms with Crippen LogP contribution in [0.3, 0.4) is 0 Å². The van der Waals surface area contributed by atoms with E-state index in [1.807, 2.05) is 38.1 Å². The molecule has 0 saturated heterocycles. The van der Waals surface area contributed by atoms with Crippen LogP contribution in [0.5, 0.6) is 5.75 Å². The molecule has 1 heterocycles. The minimum absolute atomic E-state index is 0.112. The highest BCUT2D eigenvalue weighted by Crippen LogP contribution is 2.25. The smallest absolute Gasteiger partial charge is 0.337 e. The van der Waals surface area contributed by atoms with Crippen LogP contribution in [0.25, 0.3) is 11.1 Å². The van der Waals surface area contributed by atoms with Gasteiger partial charge in [0.05, 0.1) is 11.7 Å². The number of carboxylic acid groups (broad SMARTS) is 1. The van der Waals surface area contributed by atoms with E-state index in [2.05, 4.69) is 4.98 Å². The van der Waals surface area contributed by atoms with Crippen molar-refractivity contribution in [2.75, 3.05) is 0 Å². The summed E-state index contributed by atoms with van der Waals surface area (Å²) in [6.45, 7) is 3.92. The maximum atomic E-state index is 11.1. The van der Waals surface area contributed by atoms with Crippen LogP contribution < -0.4 is 4.74 Å². The standard InChI is InChI=1S/C15H15NO3/c1-10(2)19-12-5-3-11(4-6-12)13-7-8-16-9-14(13)15(17)18/h3-10H,1-2H3,(H,17,18). The van der Waals surface area contributed by atoms with E-state index in [0.29, 0.717) is 5.56 Å². The molecule has 0 fully saturated rings. The van der Waals surface area contributed by atoms with E-state index in [9.17, 15) is 4.79 Å². The highest BCUT2D eigenvalue weighted by atomic mass is 16.5. The summed E-state index contributed by atoms with van der Waals surface area (Å²) in [7, 11) is 0. The van der Waals surface area contributed by atoms with Crippen LogP contribution >= 0.6 is 0 Å². The topological polar surface area (TPSA) is 59.4 Å². The maximum Gasteiger partial charge on any atom is 0.337 e. The van der Waals surface area contributed by atoms with Gasteiger partial charge in [-0.2, -0.15) is 0 Å². The number of carbonyl (C=O) groups is 1. The largest absolute Gasteiger partial charge is 0.491 e. The van der Waals surface area contributed by atoms with Gasteiger partial charge in [-0.1, -0.05) is 12.1 Å². The fraction of sp³-hybridized carbons (Fsp3) is 0.200. The van der Waals surface area contributed by atoms with E-state index in [-0.39, 0.29) is 11.7 Å². The third-order valence-electron chi connectivity index (χ3n) is 2.59. The average Bonchev–Trinajstić information content (AvgIpc) is 2.39. The first-order valence-electron chi connectivity index (χ1n) is 6.02. The molecule has 19 heavy (non-hydrogen) atoms. The van der Waals surface area contributed by atoms with Crippen molar-refractivity contribution in [3.8, 4) is 16.9 Å². The Bertz CT molecular complexity index is 576. The minimum Gasteiger partial charge on any atom is -0.491 e. The van der Waals surface area contributed by atoms with E-state index in [1.165, 1.54) is 6.20 Å². The van der Waals surface area contributed by atoms with Gasteiger partial charge >= 0.3 is 5.97 Å². The predicted molar refractivity (Wildman–Crippen MR) is 72.4 cm³/mol. The summed E-state index contributed by atoms with van der Waals surface area (Å²) in [5, 5.41) is 9.14. The first kappa shape index (κ1) is 13.1.